The molecule has 8 N–H and O–H groups in total. The Kier molecular flexibility index (Phi) is 64.6. The maximum Gasteiger partial charge on any atom is 0.300 e. The van der Waals surface area contributed by atoms with Gasteiger partial charge in [0.05, 0.1) is 0 Å². The van der Waals surface area contributed by atoms with Crippen LogP contribution >= 0.6 is 0 Å². The van der Waals surface area contributed by atoms with E-state index in [0.29, 0.717) is 13.1 Å². The Morgan fingerprint density at radius 2 is 0.667 bits per heavy atom. The third-order valence-corrected chi connectivity index (χ3v) is 0.167. The van der Waals surface area contributed by atoms with Gasteiger partial charge in [0.25, 0.3) is 23.9 Å². The molecule has 11 heteroatoms. The van der Waals surface area contributed by atoms with Gasteiger partial charge in [0.15, 0.2) is 0 Å². The molecule has 0 unspecified atom stereocenters. The summed E-state index contributed by atoms with van der Waals surface area (Å²) >= 11 is 0. The number of carbonyl (C=O) groups is 4. The molecule has 123 valence electrons. The van der Waals surface area contributed by atoms with Crippen molar-refractivity contribution >= 4 is 75.3 Å². The fourth-order valence-corrected chi connectivity index (χ4v) is 0. The van der Waals surface area contributed by atoms with Crippen molar-refractivity contribution in [1.82, 2.24) is 0 Å². The van der Waals surface area contributed by atoms with Crippen molar-refractivity contribution in [2.75, 3.05) is 13.1 Å². The molecule has 0 saturated heterocycles. The van der Waals surface area contributed by atoms with Crippen molar-refractivity contribution in [2.24, 2.45) is 11.5 Å². The van der Waals surface area contributed by atoms with E-state index in [1.807, 2.05) is 0 Å². The second-order valence-electron chi connectivity index (χ2n) is 2.65. The van der Waals surface area contributed by atoms with E-state index in [-0.39, 0.29) is 51.4 Å². The quantitative estimate of drug-likeness (QED) is 0.318. The largest absolute Gasteiger partial charge is 0.481 e. The number of rotatable bonds is 1. The van der Waals surface area contributed by atoms with Gasteiger partial charge in [-0.3, -0.25) is 19.2 Å². The van der Waals surface area contributed by atoms with Crippen LogP contribution in [0.2, 0.25) is 0 Å². The Balaban J connectivity index is -0.0000000331. The van der Waals surface area contributed by atoms with Crippen LogP contribution in [0.5, 0.6) is 0 Å². The van der Waals surface area contributed by atoms with Gasteiger partial charge in [-0.25, -0.2) is 0 Å². The zero-order chi connectivity index (χ0) is 17.7. The van der Waals surface area contributed by atoms with E-state index >= 15 is 0 Å². The standard InChI is InChI=1S/C2H8N2.4C2H4O2.K/c3-1-2-4;4*1-2(3)4;/h1-4H2;4*1H3,(H,3,4);. The van der Waals surface area contributed by atoms with E-state index in [1.54, 1.807) is 0 Å². The summed E-state index contributed by atoms with van der Waals surface area (Å²) in [6, 6.07) is 0. The monoisotopic (exact) mass is 339 g/mol. The van der Waals surface area contributed by atoms with Crippen molar-refractivity contribution in [3.8, 4) is 0 Å². The first-order chi connectivity index (χ1) is 8.84. The Morgan fingerprint density at radius 1 is 0.619 bits per heavy atom. The van der Waals surface area contributed by atoms with Crippen LogP contribution in [0.4, 0.5) is 0 Å². The van der Waals surface area contributed by atoms with Crippen molar-refractivity contribution in [3.63, 3.8) is 0 Å². The summed E-state index contributed by atoms with van der Waals surface area (Å²) in [5, 5.41) is 29.7. The van der Waals surface area contributed by atoms with Crippen LogP contribution in [0.25, 0.3) is 0 Å². The van der Waals surface area contributed by atoms with E-state index < -0.39 is 23.9 Å². The van der Waals surface area contributed by atoms with Crippen molar-refractivity contribution in [2.45, 2.75) is 27.7 Å². The predicted octanol–water partition coefficient (Wildman–Crippen LogP) is -1.11. The Hall–Kier alpha value is -0.564. The molecule has 0 aromatic heterocycles. The number of hydrogen-bond donors (Lipinski definition) is 6. The molecule has 0 aliphatic rings. The molecule has 0 aliphatic carbocycles. The number of carboxylic acids is 4. The molecule has 0 rings (SSSR count). The van der Waals surface area contributed by atoms with Gasteiger partial charge in [0.2, 0.25) is 0 Å². The molecule has 0 spiro atoms. The van der Waals surface area contributed by atoms with Gasteiger partial charge >= 0.3 is 0 Å². The maximum absolute atomic E-state index is 9.00. The molecule has 0 saturated carbocycles. The first-order valence-corrected chi connectivity index (χ1v) is 5.03. The molecule has 0 atom stereocenters. The van der Waals surface area contributed by atoms with Crippen molar-refractivity contribution < 1.29 is 39.6 Å². The van der Waals surface area contributed by atoms with Gasteiger partial charge in [-0.1, -0.05) is 0 Å². The zero-order valence-corrected chi connectivity index (χ0v) is 16.1. The first kappa shape index (κ1) is 37.0. The summed E-state index contributed by atoms with van der Waals surface area (Å²) < 4.78 is 0. The van der Waals surface area contributed by atoms with Crippen LogP contribution in [0, 0.1) is 0 Å². The first-order valence-electron chi connectivity index (χ1n) is 5.03. The molecule has 21 heavy (non-hydrogen) atoms. The molecule has 0 bridgehead atoms. The zero-order valence-electron chi connectivity index (χ0n) is 13.0. The molecule has 0 aliphatic heterocycles. The molecule has 0 heterocycles. The Bertz CT molecular complexity index is 195. The van der Waals surface area contributed by atoms with Crippen molar-refractivity contribution in [3.05, 3.63) is 0 Å². The number of nitrogens with two attached hydrogens (primary N) is 2. The van der Waals surface area contributed by atoms with Crippen LogP contribution in [0.15, 0.2) is 0 Å². The summed E-state index contributed by atoms with van der Waals surface area (Å²) in [5.41, 5.74) is 9.81. The average molecular weight is 339 g/mol. The molecule has 1 radical (unpaired) electrons. The second kappa shape index (κ2) is 36.6. The van der Waals surface area contributed by atoms with Gasteiger partial charge in [0.1, 0.15) is 0 Å². The van der Waals surface area contributed by atoms with Gasteiger partial charge in [-0.15, -0.1) is 0 Å². The number of carboxylic acid groups (broad SMARTS) is 4. The van der Waals surface area contributed by atoms with E-state index in [4.69, 9.17) is 51.1 Å². The SMILES string of the molecule is CC(=O)O.CC(=O)O.CC(=O)O.CC(=O)O.NCCN.[K]. The van der Waals surface area contributed by atoms with E-state index in [9.17, 15) is 0 Å². The minimum atomic E-state index is -0.833. The minimum Gasteiger partial charge on any atom is -0.481 e. The molecule has 0 aromatic carbocycles. The summed E-state index contributed by atoms with van der Waals surface area (Å²) in [6.45, 7) is 5.53. The molecular formula is C10H24KN2O8. The van der Waals surface area contributed by atoms with Crippen molar-refractivity contribution in [1.29, 1.82) is 0 Å². The van der Waals surface area contributed by atoms with E-state index in [0.717, 1.165) is 27.7 Å². The summed E-state index contributed by atoms with van der Waals surface area (Å²) in [6.07, 6.45) is 0. The van der Waals surface area contributed by atoms with Crippen LogP contribution < -0.4 is 11.5 Å². The van der Waals surface area contributed by atoms with E-state index in [1.165, 1.54) is 0 Å². The second-order valence-corrected chi connectivity index (χ2v) is 2.65. The average Bonchev–Trinajstić information content (AvgIpc) is 2.13. The molecule has 0 aromatic rings. The minimum absolute atomic E-state index is 0. The van der Waals surface area contributed by atoms with Gasteiger partial charge in [-0.05, 0) is 0 Å². The third-order valence-electron chi connectivity index (χ3n) is 0.167. The molecular weight excluding hydrogens is 315 g/mol. The summed E-state index contributed by atoms with van der Waals surface area (Å²) in [7, 11) is 0. The van der Waals surface area contributed by atoms with Crippen LogP contribution in [0.1, 0.15) is 27.7 Å². The normalized spacial score (nSPS) is 6.19. The maximum atomic E-state index is 9.00. The molecule has 0 amide bonds. The van der Waals surface area contributed by atoms with Gasteiger partial charge < -0.3 is 31.9 Å². The summed E-state index contributed by atoms with van der Waals surface area (Å²) in [5.74, 6) is -3.33. The Labute approximate surface area is 165 Å². The topological polar surface area (TPSA) is 201 Å². The van der Waals surface area contributed by atoms with Gasteiger partial charge in [-0.2, -0.15) is 0 Å². The molecule has 10 nitrogen and oxygen atoms in total. The van der Waals surface area contributed by atoms with E-state index in [2.05, 4.69) is 0 Å². The molecule has 0 fully saturated rings. The van der Waals surface area contributed by atoms with Crippen LogP contribution in [0.3, 0.4) is 0 Å². The third kappa shape index (κ3) is 31000. The fourth-order valence-electron chi connectivity index (χ4n) is 0. The Morgan fingerprint density at radius 3 is 0.667 bits per heavy atom. The van der Waals surface area contributed by atoms with Gasteiger partial charge in [0, 0.05) is 92.2 Å². The summed E-state index contributed by atoms with van der Waals surface area (Å²) in [4.78, 5) is 36.0. The van der Waals surface area contributed by atoms with Crippen LogP contribution in [-0.4, -0.2) is 109 Å². The fraction of sp³-hybridized carbons (Fsp3) is 0.600. The predicted molar refractivity (Wildman–Crippen MR) is 77.1 cm³/mol. The smallest absolute Gasteiger partial charge is 0.300 e. The number of aliphatic carboxylic acids is 4. The van der Waals surface area contributed by atoms with Crippen LogP contribution in [-0.2, 0) is 19.2 Å². The number of hydrogen-bond acceptors (Lipinski definition) is 6.